The Hall–Kier alpha value is -2.58. The van der Waals surface area contributed by atoms with E-state index in [2.05, 4.69) is 112 Å². The van der Waals surface area contributed by atoms with Crippen molar-refractivity contribution < 1.29 is 4.43 Å². The highest BCUT2D eigenvalue weighted by molar-refractivity contribution is 7.00. The van der Waals surface area contributed by atoms with Crippen LogP contribution in [0.2, 0.25) is 5.04 Å². The Morgan fingerprint density at radius 1 is 0.714 bits per heavy atom. The van der Waals surface area contributed by atoms with E-state index in [1.807, 2.05) is 0 Å². The van der Waals surface area contributed by atoms with E-state index >= 15 is 0 Å². The number of hydrogen-bond donors (Lipinski definition) is 0. The molecule has 0 saturated heterocycles. The molecule has 0 spiro atoms. The van der Waals surface area contributed by atoms with Crippen molar-refractivity contribution in [3.8, 4) is 0 Å². The molecule has 3 aromatic rings. The third-order valence-corrected chi connectivity index (χ3v) is 10.6. The van der Waals surface area contributed by atoms with Gasteiger partial charge < -0.3 is 4.43 Å². The summed E-state index contributed by atoms with van der Waals surface area (Å²) in [7, 11) is -2.57. The van der Waals surface area contributed by atoms with Crippen LogP contribution in [0.25, 0.3) is 5.76 Å². The van der Waals surface area contributed by atoms with Gasteiger partial charge in [0.05, 0.1) is 0 Å². The van der Waals surface area contributed by atoms with Gasteiger partial charge in [0, 0.05) is 5.56 Å². The molecule has 1 aliphatic carbocycles. The summed E-state index contributed by atoms with van der Waals surface area (Å²) in [5.74, 6) is 1.05. The number of allylic oxidation sites excluding steroid dienone is 1. The lowest BCUT2D eigenvalue weighted by Crippen LogP contribution is -2.66. The standard InChI is InChI=1S/C26H28OSi/c1-26(2,3)28(22-15-6-4-7-16-22,23-17-8-5-9-18-23)27-25-20-12-14-21-13-10-11-19-24(21)25/h4-11,13,15-20H,12,14H2,1-3H3. The summed E-state index contributed by atoms with van der Waals surface area (Å²) in [6.07, 6.45) is 4.41. The van der Waals surface area contributed by atoms with Crippen molar-refractivity contribution in [1.29, 1.82) is 0 Å². The Morgan fingerprint density at radius 2 is 1.25 bits per heavy atom. The van der Waals surface area contributed by atoms with Crippen LogP contribution >= 0.6 is 0 Å². The summed E-state index contributed by atoms with van der Waals surface area (Å²) in [6, 6.07) is 30.4. The normalized spacial score (nSPS) is 14.2. The van der Waals surface area contributed by atoms with Crippen LogP contribution in [0.15, 0.2) is 91.0 Å². The monoisotopic (exact) mass is 384 g/mol. The minimum Gasteiger partial charge on any atom is -0.534 e. The van der Waals surface area contributed by atoms with Gasteiger partial charge in [-0.25, -0.2) is 0 Å². The molecule has 3 aromatic carbocycles. The molecule has 0 saturated carbocycles. The maximum Gasteiger partial charge on any atom is 0.319 e. The first-order chi connectivity index (χ1) is 13.5. The molecule has 0 N–H and O–H groups in total. The van der Waals surface area contributed by atoms with Gasteiger partial charge in [0.1, 0.15) is 5.76 Å². The molecule has 0 bridgehead atoms. The second-order valence-electron chi connectivity index (χ2n) is 8.53. The van der Waals surface area contributed by atoms with Crippen molar-refractivity contribution in [1.82, 2.24) is 0 Å². The van der Waals surface area contributed by atoms with Crippen LogP contribution in [-0.4, -0.2) is 8.32 Å². The average Bonchev–Trinajstić information content (AvgIpc) is 2.72. The van der Waals surface area contributed by atoms with Gasteiger partial charge in [-0.05, 0) is 39.9 Å². The molecule has 0 aliphatic heterocycles. The van der Waals surface area contributed by atoms with E-state index in [1.165, 1.54) is 21.5 Å². The number of hydrogen-bond acceptors (Lipinski definition) is 1. The molecule has 28 heavy (non-hydrogen) atoms. The van der Waals surface area contributed by atoms with Gasteiger partial charge in [0.25, 0.3) is 0 Å². The molecule has 0 heterocycles. The zero-order chi connectivity index (χ0) is 19.6. The Balaban J connectivity index is 1.93. The van der Waals surface area contributed by atoms with Crippen molar-refractivity contribution in [2.45, 2.75) is 38.7 Å². The fourth-order valence-corrected chi connectivity index (χ4v) is 8.81. The topological polar surface area (TPSA) is 9.23 Å². The molecule has 0 unspecified atom stereocenters. The Bertz CT molecular complexity index is 929. The highest BCUT2D eigenvalue weighted by atomic mass is 28.4. The molecule has 1 aliphatic rings. The van der Waals surface area contributed by atoms with Crippen molar-refractivity contribution in [2.75, 3.05) is 0 Å². The van der Waals surface area contributed by atoms with Crippen molar-refractivity contribution >= 4 is 24.5 Å². The predicted molar refractivity (Wildman–Crippen MR) is 121 cm³/mol. The number of benzene rings is 3. The van der Waals surface area contributed by atoms with Gasteiger partial charge in [-0.2, -0.15) is 0 Å². The van der Waals surface area contributed by atoms with E-state index < -0.39 is 8.32 Å². The molecule has 4 rings (SSSR count). The van der Waals surface area contributed by atoms with E-state index in [0.717, 1.165) is 18.6 Å². The Kier molecular flexibility index (Phi) is 4.99. The van der Waals surface area contributed by atoms with Crippen molar-refractivity contribution in [2.24, 2.45) is 0 Å². The van der Waals surface area contributed by atoms with E-state index in [1.54, 1.807) is 0 Å². The van der Waals surface area contributed by atoms with E-state index in [0.29, 0.717) is 0 Å². The number of rotatable bonds is 4. The van der Waals surface area contributed by atoms with E-state index in [9.17, 15) is 0 Å². The molecule has 1 nitrogen and oxygen atoms in total. The lowest BCUT2D eigenvalue weighted by atomic mass is 9.96. The second-order valence-corrected chi connectivity index (χ2v) is 12.8. The van der Waals surface area contributed by atoms with Crippen LogP contribution in [0.4, 0.5) is 0 Å². The molecule has 0 radical (unpaired) electrons. The van der Waals surface area contributed by atoms with Gasteiger partial charge in [0.15, 0.2) is 0 Å². The first-order valence-electron chi connectivity index (χ1n) is 10.1. The maximum atomic E-state index is 7.24. The van der Waals surface area contributed by atoms with Crippen LogP contribution in [0, 0.1) is 0 Å². The smallest absolute Gasteiger partial charge is 0.319 e. The highest BCUT2D eigenvalue weighted by Crippen LogP contribution is 2.41. The minimum atomic E-state index is -2.57. The van der Waals surface area contributed by atoms with Gasteiger partial charge >= 0.3 is 8.32 Å². The molecule has 0 atom stereocenters. The first-order valence-corrected chi connectivity index (χ1v) is 12.0. The average molecular weight is 385 g/mol. The molecule has 2 heteroatoms. The van der Waals surface area contributed by atoms with Crippen LogP contribution in [0.3, 0.4) is 0 Å². The zero-order valence-electron chi connectivity index (χ0n) is 17.0. The predicted octanol–water partition coefficient (Wildman–Crippen LogP) is 5.55. The molecule has 0 aromatic heterocycles. The van der Waals surface area contributed by atoms with Gasteiger partial charge in [-0.15, -0.1) is 0 Å². The third kappa shape index (κ3) is 3.22. The summed E-state index contributed by atoms with van der Waals surface area (Å²) in [4.78, 5) is 0. The van der Waals surface area contributed by atoms with E-state index in [-0.39, 0.29) is 5.04 Å². The molecule has 0 amide bonds. The fourth-order valence-electron chi connectivity index (χ4n) is 4.36. The molecule has 0 fully saturated rings. The van der Waals surface area contributed by atoms with Gasteiger partial charge in [0.2, 0.25) is 0 Å². The molecular weight excluding hydrogens is 356 g/mol. The van der Waals surface area contributed by atoms with Crippen LogP contribution in [-0.2, 0) is 10.8 Å². The maximum absolute atomic E-state index is 7.24. The van der Waals surface area contributed by atoms with Crippen molar-refractivity contribution in [3.63, 3.8) is 0 Å². The summed E-state index contributed by atoms with van der Waals surface area (Å²) >= 11 is 0. The SMILES string of the molecule is CC(C)(C)[Si](OC1=CCCc2ccccc21)(c1ccccc1)c1ccccc1. The Morgan fingerprint density at radius 3 is 1.82 bits per heavy atom. The number of fused-ring (bicyclic) bond motifs is 1. The highest BCUT2D eigenvalue weighted by Gasteiger charge is 2.52. The van der Waals surface area contributed by atoms with Crippen LogP contribution in [0.5, 0.6) is 0 Å². The first kappa shape index (κ1) is 18.8. The lowest BCUT2D eigenvalue weighted by molar-refractivity contribution is 0.469. The minimum absolute atomic E-state index is 0.0249. The van der Waals surface area contributed by atoms with E-state index in [4.69, 9.17) is 4.43 Å². The summed E-state index contributed by atoms with van der Waals surface area (Å²) in [5.41, 5.74) is 2.64. The molecule has 142 valence electrons. The number of aryl methyl sites for hydroxylation is 1. The van der Waals surface area contributed by atoms with Gasteiger partial charge in [-0.1, -0.05) is 106 Å². The Labute approximate surface area is 169 Å². The summed E-state index contributed by atoms with van der Waals surface area (Å²) in [5, 5.41) is 2.61. The molecular formula is C26H28OSi. The quantitative estimate of drug-likeness (QED) is 0.536. The third-order valence-electron chi connectivity index (χ3n) is 5.71. The van der Waals surface area contributed by atoms with Crippen LogP contribution < -0.4 is 10.4 Å². The second kappa shape index (κ2) is 7.44. The fraction of sp³-hybridized carbons (Fsp3) is 0.231. The zero-order valence-corrected chi connectivity index (χ0v) is 18.0. The van der Waals surface area contributed by atoms with Crippen LogP contribution in [0.1, 0.15) is 38.3 Å². The lowest BCUT2D eigenvalue weighted by Gasteiger charge is -2.44. The largest absolute Gasteiger partial charge is 0.534 e. The van der Waals surface area contributed by atoms with Gasteiger partial charge in [-0.3, -0.25) is 0 Å². The summed E-state index contributed by atoms with van der Waals surface area (Å²) in [6.45, 7) is 6.98. The summed E-state index contributed by atoms with van der Waals surface area (Å²) < 4.78 is 7.24. The van der Waals surface area contributed by atoms with Crippen molar-refractivity contribution in [3.05, 3.63) is 102 Å².